The van der Waals surface area contributed by atoms with Gasteiger partial charge in [-0.1, -0.05) is 42.5 Å². The summed E-state index contributed by atoms with van der Waals surface area (Å²) in [7, 11) is 1.35. The molecule has 3 aromatic rings. The summed E-state index contributed by atoms with van der Waals surface area (Å²) in [5.74, 6) is -1.67. The first-order valence-electron chi connectivity index (χ1n) is 10.7. The van der Waals surface area contributed by atoms with Crippen molar-refractivity contribution in [2.45, 2.75) is 31.4 Å². The molecule has 2 aromatic carbocycles. The van der Waals surface area contributed by atoms with E-state index >= 15 is 0 Å². The highest BCUT2D eigenvalue weighted by Gasteiger charge is 2.31. The van der Waals surface area contributed by atoms with Crippen LogP contribution in [0.2, 0.25) is 0 Å². The molecule has 0 aliphatic carbocycles. The van der Waals surface area contributed by atoms with Crippen LogP contribution in [-0.2, 0) is 9.53 Å². The van der Waals surface area contributed by atoms with Gasteiger partial charge in [-0.2, -0.15) is 0 Å². The van der Waals surface area contributed by atoms with Crippen molar-refractivity contribution in [2.24, 2.45) is 0 Å². The molecule has 178 valence electrons. The number of aromatic hydroxyl groups is 1. The number of ether oxygens (including phenoxy) is 2. The highest BCUT2D eigenvalue weighted by molar-refractivity contribution is 5.97. The molecule has 1 aromatic heterocycles. The van der Waals surface area contributed by atoms with Crippen LogP contribution in [0.4, 0.5) is 4.39 Å². The Balaban J connectivity index is 1.78. The molecule has 3 atom stereocenters. The van der Waals surface area contributed by atoms with Crippen LogP contribution >= 0.6 is 0 Å². The quantitative estimate of drug-likeness (QED) is 0.441. The van der Waals surface area contributed by atoms with Gasteiger partial charge in [0, 0.05) is 18.2 Å². The van der Waals surface area contributed by atoms with Crippen molar-refractivity contribution in [3.8, 4) is 11.5 Å². The number of rotatable bonds is 10. The Kier molecular flexibility index (Phi) is 7.96. The monoisotopic (exact) mass is 466 g/mol. The summed E-state index contributed by atoms with van der Waals surface area (Å²) < 4.78 is 24.6. The van der Waals surface area contributed by atoms with E-state index in [1.54, 1.807) is 12.1 Å². The van der Waals surface area contributed by atoms with Gasteiger partial charge in [0.2, 0.25) is 0 Å². The lowest BCUT2D eigenvalue weighted by atomic mass is 9.87. The maximum Gasteiger partial charge on any atom is 0.274 e. The third-order valence-electron chi connectivity index (χ3n) is 5.48. The first kappa shape index (κ1) is 24.9. The molecule has 0 aliphatic heterocycles. The number of nitrogens with one attached hydrogen (secondary N) is 1. The van der Waals surface area contributed by atoms with Crippen molar-refractivity contribution in [3.05, 3.63) is 89.5 Å². The number of carbonyl (C=O) groups is 2. The number of amides is 1. The number of halogens is 1. The van der Waals surface area contributed by atoms with Crippen LogP contribution in [0, 0.1) is 5.82 Å². The molecule has 0 radical (unpaired) electrons. The van der Waals surface area contributed by atoms with Gasteiger partial charge in [0.25, 0.3) is 5.91 Å². The summed E-state index contributed by atoms with van der Waals surface area (Å²) in [4.78, 5) is 28.5. The Morgan fingerprint density at radius 2 is 1.79 bits per heavy atom. The van der Waals surface area contributed by atoms with Crippen molar-refractivity contribution in [1.82, 2.24) is 10.3 Å². The van der Waals surface area contributed by atoms with E-state index in [-0.39, 0.29) is 29.8 Å². The minimum absolute atomic E-state index is 0.0860. The van der Waals surface area contributed by atoms with Crippen molar-refractivity contribution in [1.29, 1.82) is 0 Å². The van der Waals surface area contributed by atoms with Gasteiger partial charge in [0.15, 0.2) is 17.2 Å². The van der Waals surface area contributed by atoms with Crippen LogP contribution in [-0.4, -0.2) is 47.6 Å². The highest BCUT2D eigenvalue weighted by Crippen LogP contribution is 2.31. The zero-order chi connectivity index (χ0) is 24.7. The van der Waals surface area contributed by atoms with E-state index in [0.717, 1.165) is 11.1 Å². The van der Waals surface area contributed by atoms with Gasteiger partial charge in [-0.25, -0.2) is 9.37 Å². The molecular weight excluding hydrogens is 439 g/mol. The number of methoxy groups -OCH3 is 1. The lowest BCUT2D eigenvalue weighted by Gasteiger charge is -2.30. The topological polar surface area (TPSA) is 97.8 Å². The van der Waals surface area contributed by atoms with Gasteiger partial charge in [0.05, 0.1) is 19.8 Å². The van der Waals surface area contributed by atoms with E-state index < -0.39 is 23.3 Å². The summed E-state index contributed by atoms with van der Waals surface area (Å²) in [6.07, 6.45) is 1.47. The summed E-state index contributed by atoms with van der Waals surface area (Å²) in [6, 6.07) is 17.2. The fraction of sp³-hybridized carbons (Fsp3) is 0.269. The van der Waals surface area contributed by atoms with Crippen molar-refractivity contribution < 1.29 is 28.6 Å². The second-order valence-corrected chi connectivity index (χ2v) is 8.16. The SMILES string of the molecule is COc1ccnc(C(=O)N[C@](C)(C=O)CO[C@@H](C)[C@H](c2ccccc2)c2ccc(F)cc2)c1O. The highest BCUT2D eigenvalue weighted by atomic mass is 19.1. The number of hydrogen-bond donors (Lipinski definition) is 2. The minimum atomic E-state index is -1.40. The third kappa shape index (κ3) is 5.77. The fourth-order valence-corrected chi connectivity index (χ4v) is 3.65. The van der Waals surface area contributed by atoms with Gasteiger partial charge < -0.3 is 24.7 Å². The van der Waals surface area contributed by atoms with Crippen LogP contribution in [0.3, 0.4) is 0 Å². The molecule has 1 amide bonds. The smallest absolute Gasteiger partial charge is 0.274 e. The van der Waals surface area contributed by atoms with E-state index in [9.17, 15) is 19.1 Å². The van der Waals surface area contributed by atoms with E-state index in [2.05, 4.69) is 10.3 Å². The largest absolute Gasteiger partial charge is 0.503 e. The molecule has 0 bridgehead atoms. The molecule has 0 fully saturated rings. The minimum Gasteiger partial charge on any atom is -0.503 e. The third-order valence-corrected chi connectivity index (χ3v) is 5.48. The molecule has 34 heavy (non-hydrogen) atoms. The van der Waals surface area contributed by atoms with Crippen molar-refractivity contribution >= 4 is 12.2 Å². The van der Waals surface area contributed by atoms with E-state index in [4.69, 9.17) is 9.47 Å². The summed E-state index contributed by atoms with van der Waals surface area (Å²) in [5.41, 5.74) is 0.146. The van der Waals surface area contributed by atoms with E-state index in [1.807, 2.05) is 37.3 Å². The molecule has 0 saturated carbocycles. The first-order chi connectivity index (χ1) is 16.3. The normalized spacial score (nSPS) is 14.5. The molecule has 0 spiro atoms. The van der Waals surface area contributed by atoms with Crippen molar-refractivity contribution in [2.75, 3.05) is 13.7 Å². The zero-order valence-electron chi connectivity index (χ0n) is 19.2. The van der Waals surface area contributed by atoms with Gasteiger partial charge in [0.1, 0.15) is 17.6 Å². The Morgan fingerprint density at radius 3 is 2.41 bits per heavy atom. The molecule has 0 unspecified atom stereocenters. The van der Waals surface area contributed by atoms with Crippen molar-refractivity contribution in [3.63, 3.8) is 0 Å². The number of benzene rings is 2. The van der Waals surface area contributed by atoms with E-state index in [1.165, 1.54) is 38.4 Å². The first-order valence-corrected chi connectivity index (χ1v) is 10.7. The van der Waals surface area contributed by atoms with Crippen LogP contribution in [0.5, 0.6) is 11.5 Å². The average Bonchev–Trinajstić information content (AvgIpc) is 2.85. The van der Waals surface area contributed by atoms with Gasteiger partial charge in [-0.15, -0.1) is 0 Å². The summed E-state index contributed by atoms with van der Waals surface area (Å²) in [5, 5.41) is 12.8. The number of pyridine rings is 1. The predicted molar refractivity (Wildman–Crippen MR) is 124 cm³/mol. The molecule has 0 saturated heterocycles. The molecule has 0 aliphatic rings. The number of nitrogens with zero attached hydrogens (tertiary/aromatic N) is 1. The molecule has 2 N–H and O–H groups in total. The summed E-state index contributed by atoms with van der Waals surface area (Å²) >= 11 is 0. The van der Waals surface area contributed by atoms with Crippen LogP contribution in [0.15, 0.2) is 66.9 Å². The number of hydrogen-bond acceptors (Lipinski definition) is 6. The number of aromatic nitrogens is 1. The predicted octanol–water partition coefficient (Wildman–Crippen LogP) is 3.86. The fourth-order valence-electron chi connectivity index (χ4n) is 3.65. The van der Waals surface area contributed by atoms with Crippen LogP contribution in [0.25, 0.3) is 0 Å². The van der Waals surface area contributed by atoms with Crippen LogP contribution in [0.1, 0.15) is 41.4 Å². The lowest BCUT2D eigenvalue weighted by Crippen LogP contribution is -2.51. The summed E-state index contributed by atoms with van der Waals surface area (Å²) in [6.45, 7) is 3.22. The molecule has 7 nitrogen and oxygen atoms in total. The molecule has 3 rings (SSSR count). The molecule has 8 heteroatoms. The Bertz CT molecular complexity index is 1120. The maximum atomic E-state index is 13.5. The van der Waals surface area contributed by atoms with E-state index in [0.29, 0.717) is 6.29 Å². The second kappa shape index (κ2) is 10.9. The maximum absolute atomic E-state index is 13.5. The van der Waals surface area contributed by atoms with Gasteiger partial charge in [-0.3, -0.25) is 4.79 Å². The average molecular weight is 467 g/mol. The molecular formula is C26H27FN2O5. The zero-order valence-corrected chi connectivity index (χ0v) is 19.2. The number of carbonyl (C=O) groups excluding carboxylic acids is 2. The van der Waals surface area contributed by atoms with Gasteiger partial charge >= 0.3 is 0 Å². The lowest BCUT2D eigenvalue weighted by molar-refractivity contribution is -0.115. The second-order valence-electron chi connectivity index (χ2n) is 8.16. The Morgan fingerprint density at radius 1 is 1.15 bits per heavy atom. The van der Waals surface area contributed by atoms with Gasteiger partial charge in [-0.05, 0) is 37.1 Å². The van der Waals surface area contributed by atoms with Crippen LogP contribution < -0.4 is 10.1 Å². The standard InChI is InChI=1S/C26H27FN2O5/c1-17(22(18-7-5-4-6-8-18)19-9-11-20(27)12-10-19)34-16-26(2,15-30)29-25(32)23-24(31)21(33-3)13-14-28-23/h4-15,17,22,31H,16H2,1-3H3,(H,29,32)/t17-,22+,26+/m0/s1. The molecule has 1 heterocycles. The Hall–Kier alpha value is -3.78. The number of aldehydes is 1. The Labute approximate surface area is 197 Å².